The predicted molar refractivity (Wildman–Crippen MR) is 114 cm³/mol. The molecule has 0 aromatic carbocycles. The second-order valence-corrected chi connectivity index (χ2v) is 7.64. The van der Waals surface area contributed by atoms with E-state index in [-0.39, 0.29) is 35.1 Å². The molecule has 0 spiro atoms. The molecule has 0 amide bonds. The molecule has 2 N–H and O–H groups in total. The quantitative estimate of drug-likeness (QED) is 0.356. The van der Waals surface area contributed by atoms with Gasteiger partial charge in [-0.1, -0.05) is 6.42 Å². The van der Waals surface area contributed by atoms with Gasteiger partial charge in [-0.3, -0.25) is 9.89 Å². The molecular formula is C18H37IN4O2. The van der Waals surface area contributed by atoms with E-state index in [4.69, 9.17) is 9.47 Å². The van der Waals surface area contributed by atoms with Gasteiger partial charge < -0.3 is 20.1 Å². The minimum Gasteiger partial charge on any atom is -0.381 e. The van der Waals surface area contributed by atoms with Crippen molar-refractivity contribution in [2.75, 3.05) is 53.6 Å². The standard InChI is InChI=1S/C18H36N4O2.HI/c1-17(2,22-10-6-5-7-11-22)14-20-16(19-3)21-15-18(23-4)8-12-24-13-9-18;/h5-15H2,1-4H3,(H2,19,20,21);1H. The van der Waals surface area contributed by atoms with Crippen molar-refractivity contribution in [3.05, 3.63) is 0 Å². The number of nitrogens with zero attached hydrogens (tertiary/aromatic N) is 2. The Balaban J connectivity index is 0.00000312. The molecule has 2 fully saturated rings. The normalized spacial score (nSPS) is 22.2. The number of guanidine groups is 1. The maximum atomic E-state index is 5.78. The maximum Gasteiger partial charge on any atom is 0.191 e. The van der Waals surface area contributed by atoms with Crippen molar-refractivity contribution in [3.63, 3.8) is 0 Å². The number of piperidine rings is 1. The van der Waals surface area contributed by atoms with Gasteiger partial charge in [-0.25, -0.2) is 0 Å². The molecule has 148 valence electrons. The zero-order valence-electron chi connectivity index (χ0n) is 16.4. The van der Waals surface area contributed by atoms with Crippen LogP contribution in [0.5, 0.6) is 0 Å². The monoisotopic (exact) mass is 468 g/mol. The molecule has 2 aliphatic rings. The summed E-state index contributed by atoms with van der Waals surface area (Å²) < 4.78 is 11.2. The van der Waals surface area contributed by atoms with Crippen molar-refractivity contribution in [2.24, 2.45) is 4.99 Å². The van der Waals surface area contributed by atoms with Crippen molar-refractivity contribution in [3.8, 4) is 0 Å². The third kappa shape index (κ3) is 6.84. The summed E-state index contributed by atoms with van der Waals surface area (Å²) in [6.45, 7) is 10.2. The smallest absolute Gasteiger partial charge is 0.191 e. The van der Waals surface area contributed by atoms with Gasteiger partial charge >= 0.3 is 0 Å². The van der Waals surface area contributed by atoms with Gasteiger partial charge in [-0.15, -0.1) is 24.0 Å². The molecule has 2 saturated heterocycles. The van der Waals surface area contributed by atoms with E-state index < -0.39 is 0 Å². The van der Waals surface area contributed by atoms with Gasteiger partial charge in [0.1, 0.15) is 0 Å². The highest BCUT2D eigenvalue weighted by molar-refractivity contribution is 14.0. The molecule has 0 saturated carbocycles. The van der Waals surface area contributed by atoms with Gasteiger partial charge in [0.05, 0.1) is 5.60 Å². The molecule has 7 heteroatoms. The SMILES string of the molecule is CN=C(NCC1(OC)CCOCC1)NCC(C)(C)N1CCCCC1.I. The molecule has 25 heavy (non-hydrogen) atoms. The van der Waals surface area contributed by atoms with Gasteiger partial charge in [-0.2, -0.15) is 0 Å². The van der Waals surface area contributed by atoms with Crippen LogP contribution in [-0.2, 0) is 9.47 Å². The number of likely N-dealkylation sites (tertiary alicyclic amines) is 1. The minimum atomic E-state index is -0.141. The number of hydrogen-bond acceptors (Lipinski definition) is 4. The van der Waals surface area contributed by atoms with Crippen LogP contribution in [0, 0.1) is 0 Å². The van der Waals surface area contributed by atoms with E-state index in [0.29, 0.717) is 0 Å². The van der Waals surface area contributed by atoms with Crippen LogP contribution in [0.25, 0.3) is 0 Å². The molecule has 2 heterocycles. The van der Waals surface area contributed by atoms with Crippen LogP contribution in [0.3, 0.4) is 0 Å². The summed E-state index contributed by atoms with van der Waals surface area (Å²) >= 11 is 0. The van der Waals surface area contributed by atoms with Crippen LogP contribution >= 0.6 is 24.0 Å². The lowest BCUT2D eigenvalue weighted by Gasteiger charge is -2.41. The molecule has 0 bridgehead atoms. The molecule has 0 aromatic rings. The van der Waals surface area contributed by atoms with Crippen molar-refractivity contribution in [2.45, 2.75) is 57.1 Å². The van der Waals surface area contributed by atoms with Crippen LogP contribution in [0.2, 0.25) is 0 Å². The van der Waals surface area contributed by atoms with E-state index in [2.05, 4.69) is 34.4 Å². The van der Waals surface area contributed by atoms with E-state index in [1.165, 1.54) is 32.4 Å². The summed E-state index contributed by atoms with van der Waals surface area (Å²) in [4.78, 5) is 6.96. The highest BCUT2D eigenvalue weighted by Crippen LogP contribution is 2.23. The number of methoxy groups -OCH3 is 1. The van der Waals surface area contributed by atoms with Crippen molar-refractivity contribution < 1.29 is 9.47 Å². The summed E-state index contributed by atoms with van der Waals surface area (Å²) in [7, 11) is 3.62. The highest BCUT2D eigenvalue weighted by Gasteiger charge is 2.33. The van der Waals surface area contributed by atoms with E-state index in [0.717, 1.165) is 45.1 Å². The fourth-order valence-corrected chi connectivity index (χ4v) is 3.57. The van der Waals surface area contributed by atoms with Gasteiger partial charge in [0.25, 0.3) is 0 Å². The van der Waals surface area contributed by atoms with Crippen LogP contribution in [-0.4, -0.2) is 75.5 Å². The Labute approximate surface area is 170 Å². The van der Waals surface area contributed by atoms with Crippen molar-refractivity contribution >= 4 is 29.9 Å². The number of rotatable bonds is 6. The Morgan fingerprint density at radius 3 is 2.36 bits per heavy atom. The Morgan fingerprint density at radius 2 is 1.80 bits per heavy atom. The second-order valence-electron chi connectivity index (χ2n) is 7.64. The topological polar surface area (TPSA) is 58.1 Å². The van der Waals surface area contributed by atoms with E-state index >= 15 is 0 Å². The van der Waals surface area contributed by atoms with Gasteiger partial charge in [0.15, 0.2) is 5.96 Å². The number of ether oxygens (including phenoxy) is 2. The maximum absolute atomic E-state index is 5.78. The molecule has 0 aliphatic carbocycles. The fourth-order valence-electron chi connectivity index (χ4n) is 3.57. The summed E-state index contributed by atoms with van der Waals surface area (Å²) in [5, 5.41) is 6.94. The zero-order chi connectivity index (χ0) is 17.5. The highest BCUT2D eigenvalue weighted by atomic mass is 127. The van der Waals surface area contributed by atoms with Crippen molar-refractivity contribution in [1.29, 1.82) is 0 Å². The first-order chi connectivity index (χ1) is 11.5. The van der Waals surface area contributed by atoms with Crippen LogP contribution in [0.15, 0.2) is 4.99 Å². The Hall–Kier alpha value is -0.120. The van der Waals surface area contributed by atoms with Gasteiger partial charge in [0.2, 0.25) is 0 Å². The first-order valence-corrected chi connectivity index (χ1v) is 9.34. The number of halogens is 1. The molecule has 0 radical (unpaired) electrons. The lowest BCUT2D eigenvalue weighted by molar-refractivity contribution is -0.0855. The first kappa shape index (κ1) is 22.9. The predicted octanol–water partition coefficient (Wildman–Crippen LogP) is 2.23. The molecule has 2 aliphatic heterocycles. The zero-order valence-corrected chi connectivity index (χ0v) is 18.7. The number of nitrogens with one attached hydrogen (secondary N) is 2. The van der Waals surface area contributed by atoms with Crippen LogP contribution in [0.4, 0.5) is 0 Å². The molecule has 2 rings (SSSR count). The molecule has 0 atom stereocenters. The van der Waals surface area contributed by atoms with E-state index in [1.54, 1.807) is 7.11 Å². The molecule has 6 nitrogen and oxygen atoms in total. The average molecular weight is 468 g/mol. The number of hydrogen-bond donors (Lipinski definition) is 2. The summed E-state index contributed by atoms with van der Waals surface area (Å²) in [6, 6.07) is 0. The summed E-state index contributed by atoms with van der Waals surface area (Å²) in [5.41, 5.74) is -0.00603. The minimum absolute atomic E-state index is 0. The molecule has 0 aromatic heterocycles. The Morgan fingerprint density at radius 1 is 1.16 bits per heavy atom. The summed E-state index contributed by atoms with van der Waals surface area (Å²) in [5.74, 6) is 0.850. The first-order valence-electron chi connectivity index (χ1n) is 9.34. The lowest BCUT2D eigenvalue weighted by Crippen LogP contribution is -2.56. The third-order valence-corrected chi connectivity index (χ3v) is 5.54. The van der Waals surface area contributed by atoms with Crippen molar-refractivity contribution in [1.82, 2.24) is 15.5 Å². The fraction of sp³-hybridized carbons (Fsp3) is 0.944. The second kappa shape index (κ2) is 10.9. The lowest BCUT2D eigenvalue weighted by atomic mass is 9.94. The average Bonchev–Trinajstić information content (AvgIpc) is 2.63. The largest absolute Gasteiger partial charge is 0.381 e. The number of aliphatic imine (C=N–C) groups is 1. The molecular weight excluding hydrogens is 431 g/mol. The van der Waals surface area contributed by atoms with E-state index in [9.17, 15) is 0 Å². The Bertz CT molecular complexity index is 406. The van der Waals surface area contributed by atoms with E-state index in [1.807, 2.05) is 7.05 Å². The van der Waals surface area contributed by atoms with Crippen LogP contribution < -0.4 is 10.6 Å². The van der Waals surface area contributed by atoms with Gasteiger partial charge in [-0.05, 0) is 39.8 Å². The molecule has 0 unspecified atom stereocenters. The Kier molecular flexibility index (Phi) is 9.98. The van der Waals surface area contributed by atoms with Gasteiger partial charge in [0, 0.05) is 58.8 Å². The third-order valence-electron chi connectivity index (χ3n) is 5.54. The summed E-state index contributed by atoms with van der Waals surface area (Å²) in [6.07, 6.45) is 5.84. The van der Waals surface area contributed by atoms with Crippen LogP contribution in [0.1, 0.15) is 46.0 Å².